The molecule has 0 aliphatic carbocycles. The summed E-state index contributed by atoms with van der Waals surface area (Å²) in [5.41, 5.74) is 0. The van der Waals surface area contributed by atoms with E-state index in [2.05, 4.69) is 29.4 Å². The summed E-state index contributed by atoms with van der Waals surface area (Å²) < 4.78 is 0. The van der Waals surface area contributed by atoms with Gasteiger partial charge in [-0.2, -0.15) is 0 Å². The predicted octanol–water partition coefficient (Wildman–Crippen LogP) is 1.22. The summed E-state index contributed by atoms with van der Waals surface area (Å²) in [6.45, 7) is 12.2. The number of hydrogen-bond donors (Lipinski definition) is 2. The number of piperidine rings is 1. The number of nitrogens with one attached hydrogen (secondary N) is 2. The van der Waals surface area contributed by atoms with E-state index in [0.717, 1.165) is 25.6 Å². The molecule has 0 bridgehead atoms. The highest BCUT2D eigenvalue weighted by atomic mass is 16.2. The SMILES string of the molecule is CC(C)NCC1CCN(CC(=O)NC(C)C)CC1. The number of carbonyl (C=O) groups excluding carboxylic acids is 1. The molecule has 1 amide bonds. The molecule has 4 nitrogen and oxygen atoms in total. The quantitative estimate of drug-likeness (QED) is 0.750. The van der Waals surface area contributed by atoms with Gasteiger partial charge >= 0.3 is 0 Å². The summed E-state index contributed by atoms with van der Waals surface area (Å²) in [7, 11) is 0. The summed E-state index contributed by atoms with van der Waals surface area (Å²) in [6.07, 6.45) is 2.41. The van der Waals surface area contributed by atoms with Gasteiger partial charge < -0.3 is 10.6 Å². The summed E-state index contributed by atoms with van der Waals surface area (Å²) in [6, 6.07) is 0.810. The highest BCUT2D eigenvalue weighted by Crippen LogP contribution is 2.16. The van der Waals surface area contributed by atoms with Gasteiger partial charge in [0.25, 0.3) is 0 Å². The van der Waals surface area contributed by atoms with Gasteiger partial charge in [-0.15, -0.1) is 0 Å². The van der Waals surface area contributed by atoms with Crippen molar-refractivity contribution >= 4 is 5.91 Å². The monoisotopic (exact) mass is 255 g/mol. The Morgan fingerprint density at radius 3 is 2.28 bits per heavy atom. The second kappa shape index (κ2) is 7.74. The smallest absolute Gasteiger partial charge is 0.234 e. The molecule has 0 atom stereocenters. The molecule has 0 radical (unpaired) electrons. The summed E-state index contributed by atoms with van der Waals surface area (Å²) >= 11 is 0. The molecule has 0 aromatic heterocycles. The van der Waals surface area contributed by atoms with Crippen molar-refractivity contribution < 1.29 is 4.79 Å². The maximum atomic E-state index is 11.7. The highest BCUT2D eigenvalue weighted by molar-refractivity contribution is 5.78. The highest BCUT2D eigenvalue weighted by Gasteiger charge is 2.20. The molecule has 0 saturated carbocycles. The average molecular weight is 255 g/mol. The van der Waals surface area contributed by atoms with E-state index in [1.54, 1.807) is 0 Å². The lowest BCUT2D eigenvalue weighted by atomic mass is 9.96. The zero-order valence-corrected chi connectivity index (χ0v) is 12.3. The first-order chi connectivity index (χ1) is 8.47. The van der Waals surface area contributed by atoms with Crippen LogP contribution in [-0.4, -0.2) is 49.1 Å². The van der Waals surface area contributed by atoms with Crippen LogP contribution < -0.4 is 10.6 Å². The third kappa shape index (κ3) is 6.36. The van der Waals surface area contributed by atoms with Crippen LogP contribution in [0.3, 0.4) is 0 Å². The van der Waals surface area contributed by atoms with Crippen LogP contribution in [0, 0.1) is 5.92 Å². The second-order valence-electron chi connectivity index (χ2n) is 6.00. The standard InChI is InChI=1S/C14H29N3O/c1-11(2)15-9-13-5-7-17(8-6-13)10-14(18)16-12(3)4/h11-13,15H,5-10H2,1-4H3,(H,16,18). The number of amides is 1. The maximum Gasteiger partial charge on any atom is 0.234 e. The fraction of sp³-hybridized carbons (Fsp3) is 0.929. The van der Waals surface area contributed by atoms with Crippen LogP contribution in [0.15, 0.2) is 0 Å². The molecule has 1 aliphatic heterocycles. The molecule has 1 rings (SSSR count). The zero-order valence-electron chi connectivity index (χ0n) is 12.3. The lowest BCUT2D eigenvalue weighted by molar-refractivity contribution is -0.123. The summed E-state index contributed by atoms with van der Waals surface area (Å²) in [5.74, 6) is 0.931. The van der Waals surface area contributed by atoms with E-state index in [1.165, 1.54) is 12.8 Å². The molecule has 0 spiro atoms. The van der Waals surface area contributed by atoms with Gasteiger partial charge in [-0.3, -0.25) is 9.69 Å². The Morgan fingerprint density at radius 2 is 1.78 bits per heavy atom. The van der Waals surface area contributed by atoms with E-state index in [0.29, 0.717) is 12.6 Å². The molecular weight excluding hydrogens is 226 g/mol. The van der Waals surface area contributed by atoms with E-state index in [1.807, 2.05) is 13.8 Å². The molecule has 1 saturated heterocycles. The molecule has 1 aliphatic rings. The van der Waals surface area contributed by atoms with Crippen molar-refractivity contribution in [1.82, 2.24) is 15.5 Å². The van der Waals surface area contributed by atoms with Gasteiger partial charge in [0.15, 0.2) is 0 Å². The lowest BCUT2D eigenvalue weighted by Gasteiger charge is -2.32. The van der Waals surface area contributed by atoms with Crippen molar-refractivity contribution in [3.8, 4) is 0 Å². The fourth-order valence-electron chi connectivity index (χ4n) is 2.32. The molecule has 0 aromatic rings. The molecule has 106 valence electrons. The molecular formula is C14H29N3O. The second-order valence-corrected chi connectivity index (χ2v) is 6.00. The van der Waals surface area contributed by atoms with E-state index in [-0.39, 0.29) is 11.9 Å². The van der Waals surface area contributed by atoms with Crippen LogP contribution in [0.4, 0.5) is 0 Å². The first-order valence-corrected chi connectivity index (χ1v) is 7.22. The van der Waals surface area contributed by atoms with E-state index >= 15 is 0 Å². The topological polar surface area (TPSA) is 44.4 Å². The fourth-order valence-corrected chi connectivity index (χ4v) is 2.32. The van der Waals surface area contributed by atoms with Crippen molar-refractivity contribution in [3.63, 3.8) is 0 Å². The number of carbonyl (C=O) groups is 1. The number of rotatable bonds is 6. The third-order valence-corrected chi connectivity index (χ3v) is 3.34. The molecule has 1 heterocycles. The van der Waals surface area contributed by atoms with Crippen molar-refractivity contribution in [2.75, 3.05) is 26.2 Å². The number of likely N-dealkylation sites (tertiary alicyclic amines) is 1. The Morgan fingerprint density at radius 1 is 1.17 bits per heavy atom. The summed E-state index contributed by atoms with van der Waals surface area (Å²) in [5, 5.41) is 6.45. The predicted molar refractivity (Wildman–Crippen MR) is 75.6 cm³/mol. The van der Waals surface area contributed by atoms with Gasteiger partial charge in [0.2, 0.25) is 5.91 Å². The van der Waals surface area contributed by atoms with Crippen molar-refractivity contribution in [1.29, 1.82) is 0 Å². The lowest BCUT2D eigenvalue weighted by Crippen LogP contribution is -2.44. The minimum atomic E-state index is 0.156. The van der Waals surface area contributed by atoms with Gasteiger partial charge in [-0.25, -0.2) is 0 Å². The Bertz CT molecular complexity index is 245. The molecule has 1 fully saturated rings. The van der Waals surface area contributed by atoms with Crippen LogP contribution in [0.25, 0.3) is 0 Å². The largest absolute Gasteiger partial charge is 0.353 e. The van der Waals surface area contributed by atoms with Gasteiger partial charge in [0.1, 0.15) is 0 Å². The number of hydrogen-bond acceptors (Lipinski definition) is 3. The molecule has 2 N–H and O–H groups in total. The Hall–Kier alpha value is -0.610. The van der Waals surface area contributed by atoms with Crippen LogP contribution in [-0.2, 0) is 4.79 Å². The van der Waals surface area contributed by atoms with E-state index in [9.17, 15) is 4.79 Å². The Balaban J connectivity index is 2.17. The molecule has 0 aromatic carbocycles. The van der Waals surface area contributed by atoms with Gasteiger partial charge in [-0.1, -0.05) is 13.8 Å². The maximum absolute atomic E-state index is 11.7. The average Bonchev–Trinajstić information content (AvgIpc) is 2.26. The van der Waals surface area contributed by atoms with Gasteiger partial charge in [0, 0.05) is 12.1 Å². The number of nitrogens with zero attached hydrogens (tertiary/aromatic N) is 1. The zero-order chi connectivity index (χ0) is 13.5. The van der Waals surface area contributed by atoms with Crippen LogP contribution in [0.2, 0.25) is 0 Å². The first kappa shape index (κ1) is 15.4. The summed E-state index contributed by atoms with van der Waals surface area (Å²) in [4.78, 5) is 13.9. The third-order valence-electron chi connectivity index (χ3n) is 3.34. The molecule has 18 heavy (non-hydrogen) atoms. The normalized spacial score (nSPS) is 18.6. The van der Waals surface area contributed by atoms with Crippen LogP contribution >= 0.6 is 0 Å². The van der Waals surface area contributed by atoms with Crippen molar-refractivity contribution in [2.24, 2.45) is 5.92 Å². The van der Waals surface area contributed by atoms with E-state index in [4.69, 9.17) is 0 Å². The molecule has 0 unspecified atom stereocenters. The van der Waals surface area contributed by atoms with Crippen LogP contribution in [0.5, 0.6) is 0 Å². The van der Waals surface area contributed by atoms with Crippen molar-refractivity contribution in [3.05, 3.63) is 0 Å². The minimum Gasteiger partial charge on any atom is -0.353 e. The first-order valence-electron chi connectivity index (χ1n) is 7.22. The van der Waals surface area contributed by atoms with Crippen LogP contribution in [0.1, 0.15) is 40.5 Å². The van der Waals surface area contributed by atoms with Gasteiger partial charge in [0.05, 0.1) is 6.54 Å². The Kier molecular flexibility index (Phi) is 6.65. The van der Waals surface area contributed by atoms with Crippen molar-refractivity contribution in [2.45, 2.75) is 52.6 Å². The minimum absolute atomic E-state index is 0.156. The molecule has 4 heteroatoms. The Labute approximate surface area is 111 Å². The van der Waals surface area contributed by atoms with Gasteiger partial charge in [-0.05, 0) is 52.2 Å². The van der Waals surface area contributed by atoms with E-state index < -0.39 is 0 Å².